The van der Waals surface area contributed by atoms with Crippen LogP contribution in [0.25, 0.3) is 0 Å². The highest BCUT2D eigenvalue weighted by Crippen LogP contribution is 2.33. The monoisotopic (exact) mass is 286 g/mol. The van der Waals surface area contributed by atoms with Crippen LogP contribution in [0.1, 0.15) is 30.7 Å². The molecule has 0 spiro atoms. The van der Waals surface area contributed by atoms with Crippen LogP contribution in [-0.4, -0.2) is 6.04 Å². The van der Waals surface area contributed by atoms with Gasteiger partial charge in [-0.15, -0.1) is 0 Å². The van der Waals surface area contributed by atoms with E-state index in [1.54, 1.807) is 18.0 Å². The highest BCUT2D eigenvalue weighted by molar-refractivity contribution is 7.99. The Morgan fingerprint density at radius 2 is 2.10 bits per heavy atom. The second kappa shape index (κ2) is 6.65. The lowest BCUT2D eigenvalue weighted by Crippen LogP contribution is -2.21. The van der Waals surface area contributed by atoms with Crippen LogP contribution in [0.2, 0.25) is 0 Å². The summed E-state index contributed by atoms with van der Waals surface area (Å²) in [7, 11) is 0. The normalized spacial score (nSPS) is 10.8. The Bertz CT molecular complexity index is 626. The first-order valence-electron chi connectivity index (χ1n) is 6.58. The fourth-order valence-electron chi connectivity index (χ4n) is 1.78. The molecule has 3 nitrogen and oxygen atoms in total. The molecule has 2 rings (SSSR count). The van der Waals surface area contributed by atoms with Crippen LogP contribution in [0, 0.1) is 18.3 Å². The van der Waals surface area contributed by atoms with Crippen molar-refractivity contribution in [1.82, 2.24) is 5.32 Å². The number of hydrogen-bond donors (Lipinski definition) is 1. The Labute approximate surface area is 124 Å². The van der Waals surface area contributed by atoms with Gasteiger partial charge >= 0.3 is 0 Å². The van der Waals surface area contributed by atoms with Crippen LogP contribution in [0.4, 0.5) is 0 Å². The van der Waals surface area contributed by atoms with Gasteiger partial charge in [0.05, 0.1) is 16.7 Å². The van der Waals surface area contributed by atoms with Crippen LogP contribution in [0.3, 0.4) is 0 Å². The average molecular weight is 286 g/mol. The molecule has 0 unspecified atom stereocenters. The number of nitrogens with one attached hydrogen (secondary N) is 1. The first-order chi connectivity index (χ1) is 9.60. The Balaban J connectivity index is 2.18. The molecule has 0 fully saturated rings. The third-order valence-electron chi connectivity index (χ3n) is 2.91. The lowest BCUT2D eigenvalue weighted by Gasteiger charge is -2.10. The number of rotatable bonds is 5. The van der Waals surface area contributed by atoms with Crippen LogP contribution in [-0.2, 0) is 6.54 Å². The van der Waals surface area contributed by atoms with Gasteiger partial charge in [0.1, 0.15) is 11.8 Å². The zero-order valence-electron chi connectivity index (χ0n) is 11.9. The molecule has 0 amide bonds. The van der Waals surface area contributed by atoms with E-state index in [1.165, 1.54) is 0 Å². The maximum Gasteiger partial charge on any atom is 0.114 e. The second-order valence-corrected chi connectivity index (χ2v) is 6.00. The average Bonchev–Trinajstić information content (AvgIpc) is 2.83. The number of hydrogen-bond acceptors (Lipinski definition) is 4. The fraction of sp³-hybridized carbons (Fsp3) is 0.312. The Kier molecular flexibility index (Phi) is 4.89. The molecule has 0 radical (unpaired) electrons. The van der Waals surface area contributed by atoms with E-state index in [-0.39, 0.29) is 0 Å². The lowest BCUT2D eigenvalue weighted by atomic mass is 10.1. The quantitative estimate of drug-likeness (QED) is 0.898. The predicted octanol–water partition coefficient (Wildman–Crippen LogP) is 4.11. The third-order valence-corrected chi connectivity index (χ3v) is 4.13. The maximum atomic E-state index is 9.31. The molecular formula is C16H18N2OS. The molecule has 0 saturated carbocycles. The minimum absolute atomic E-state index is 0.433. The summed E-state index contributed by atoms with van der Waals surface area (Å²) in [5.74, 6) is 0.879. The summed E-state index contributed by atoms with van der Waals surface area (Å²) in [6.07, 6.45) is 1.67. The van der Waals surface area contributed by atoms with Crippen LogP contribution < -0.4 is 5.32 Å². The predicted molar refractivity (Wildman–Crippen MR) is 80.7 cm³/mol. The third kappa shape index (κ3) is 3.66. The van der Waals surface area contributed by atoms with Gasteiger partial charge in [0.25, 0.3) is 0 Å². The van der Waals surface area contributed by atoms with Gasteiger partial charge in [-0.05, 0) is 30.7 Å². The molecule has 1 heterocycles. The minimum Gasteiger partial charge on any atom is -0.468 e. The molecule has 0 atom stereocenters. The van der Waals surface area contributed by atoms with E-state index in [9.17, 15) is 5.26 Å². The van der Waals surface area contributed by atoms with Gasteiger partial charge in [0.15, 0.2) is 0 Å². The van der Waals surface area contributed by atoms with Crippen molar-refractivity contribution < 1.29 is 4.42 Å². The Morgan fingerprint density at radius 3 is 2.70 bits per heavy atom. The molecule has 0 aliphatic rings. The number of nitrogens with zero attached hydrogens (tertiary/aromatic N) is 1. The van der Waals surface area contributed by atoms with Gasteiger partial charge in [-0.1, -0.05) is 31.7 Å². The molecule has 2 aromatic rings. The highest BCUT2D eigenvalue weighted by Gasteiger charge is 2.09. The van der Waals surface area contributed by atoms with Crippen LogP contribution in [0.5, 0.6) is 0 Å². The molecule has 0 saturated heterocycles. The van der Waals surface area contributed by atoms with E-state index in [4.69, 9.17) is 4.42 Å². The zero-order valence-corrected chi connectivity index (χ0v) is 12.8. The van der Waals surface area contributed by atoms with Crippen LogP contribution in [0.15, 0.2) is 44.7 Å². The summed E-state index contributed by atoms with van der Waals surface area (Å²) in [6.45, 7) is 6.92. The van der Waals surface area contributed by atoms with E-state index >= 15 is 0 Å². The Morgan fingerprint density at radius 1 is 1.30 bits per heavy atom. The molecule has 4 heteroatoms. The molecule has 0 aliphatic carbocycles. The summed E-state index contributed by atoms with van der Waals surface area (Å²) in [6, 6.07) is 10.7. The molecule has 104 valence electrons. The Hall–Kier alpha value is -1.70. The van der Waals surface area contributed by atoms with E-state index < -0.39 is 0 Å². The van der Waals surface area contributed by atoms with Gasteiger partial charge in [0, 0.05) is 17.5 Å². The topological polar surface area (TPSA) is 49.0 Å². The zero-order chi connectivity index (χ0) is 14.5. The van der Waals surface area contributed by atoms with Gasteiger partial charge in [-0.3, -0.25) is 0 Å². The van der Waals surface area contributed by atoms with E-state index in [0.717, 1.165) is 27.7 Å². The first-order valence-corrected chi connectivity index (χ1v) is 7.40. The second-order valence-electron chi connectivity index (χ2n) is 4.92. The number of furan rings is 1. The van der Waals surface area contributed by atoms with E-state index in [1.807, 2.05) is 25.1 Å². The van der Waals surface area contributed by atoms with Crippen molar-refractivity contribution in [3.8, 4) is 6.07 Å². The smallest absolute Gasteiger partial charge is 0.114 e. The van der Waals surface area contributed by atoms with Crippen LogP contribution >= 0.6 is 11.8 Å². The highest BCUT2D eigenvalue weighted by atomic mass is 32.2. The number of aryl methyl sites for hydroxylation is 1. The molecular weight excluding hydrogens is 268 g/mol. The van der Waals surface area contributed by atoms with Gasteiger partial charge in [0.2, 0.25) is 0 Å². The van der Waals surface area contributed by atoms with Gasteiger partial charge < -0.3 is 9.73 Å². The molecule has 1 aromatic heterocycles. The molecule has 1 aromatic carbocycles. The molecule has 0 bridgehead atoms. The van der Waals surface area contributed by atoms with Gasteiger partial charge in [-0.2, -0.15) is 5.26 Å². The summed E-state index contributed by atoms with van der Waals surface area (Å²) in [5, 5.41) is 12.7. The summed E-state index contributed by atoms with van der Waals surface area (Å²) >= 11 is 1.57. The van der Waals surface area contributed by atoms with Crippen molar-refractivity contribution in [1.29, 1.82) is 5.26 Å². The van der Waals surface area contributed by atoms with Crippen molar-refractivity contribution in [2.24, 2.45) is 0 Å². The number of benzene rings is 1. The van der Waals surface area contributed by atoms with Crippen molar-refractivity contribution in [3.05, 3.63) is 47.4 Å². The largest absolute Gasteiger partial charge is 0.468 e. The van der Waals surface area contributed by atoms with Gasteiger partial charge in [-0.25, -0.2) is 0 Å². The summed E-state index contributed by atoms with van der Waals surface area (Å²) in [5.41, 5.74) is 1.84. The summed E-state index contributed by atoms with van der Waals surface area (Å²) < 4.78 is 5.29. The first kappa shape index (κ1) is 14.7. The SMILES string of the molecule is Cc1occc1Sc1ccc(CNC(C)C)cc1C#N. The van der Waals surface area contributed by atoms with E-state index in [0.29, 0.717) is 11.6 Å². The molecule has 1 N–H and O–H groups in total. The maximum absolute atomic E-state index is 9.31. The number of nitriles is 1. The fourth-order valence-corrected chi connectivity index (χ4v) is 2.69. The standard InChI is InChI=1S/C16H18N2OS/c1-11(2)18-10-13-4-5-16(14(8-13)9-17)20-15-6-7-19-12(15)3/h4-8,11,18H,10H2,1-3H3. The van der Waals surface area contributed by atoms with Crippen molar-refractivity contribution in [3.63, 3.8) is 0 Å². The lowest BCUT2D eigenvalue weighted by molar-refractivity contribution is 0.527. The summed E-state index contributed by atoms with van der Waals surface area (Å²) in [4.78, 5) is 2.01. The minimum atomic E-state index is 0.433. The molecule has 0 aliphatic heterocycles. The van der Waals surface area contributed by atoms with Crippen molar-refractivity contribution >= 4 is 11.8 Å². The van der Waals surface area contributed by atoms with Crippen molar-refractivity contribution in [2.45, 2.75) is 43.1 Å². The van der Waals surface area contributed by atoms with Crippen molar-refractivity contribution in [2.75, 3.05) is 0 Å². The van der Waals surface area contributed by atoms with E-state index in [2.05, 4.69) is 31.3 Å². The molecule has 20 heavy (non-hydrogen) atoms.